The highest BCUT2D eigenvalue weighted by Gasteiger charge is 2.09. The summed E-state index contributed by atoms with van der Waals surface area (Å²) in [6.07, 6.45) is 0. The van der Waals surface area contributed by atoms with Crippen LogP contribution in [0, 0.1) is 5.82 Å². The fourth-order valence-electron chi connectivity index (χ4n) is 2.09. The van der Waals surface area contributed by atoms with E-state index in [1.54, 1.807) is 18.2 Å². The van der Waals surface area contributed by atoms with Gasteiger partial charge in [0.05, 0.1) is 12.2 Å². The van der Waals surface area contributed by atoms with E-state index in [4.69, 9.17) is 0 Å². The Morgan fingerprint density at radius 2 is 1.67 bits per heavy atom. The molecule has 110 valence electrons. The molecule has 0 saturated carbocycles. The van der Waals surface area contributed by atoms with Crippen molar-refractivity contribution in [3.63, 3.8) is 0 Å². The van der Waals surface area contributed by atoms with Crippen LogP contribution in [-0.2, 0) is 4.79 Å². The summed E-state index contributed by atoms with van der Waals surface area (Å²) in [6.45, 7) is 4.17. The predicted octanol–water partition coefficient (Wildman–Crippen LogP) is 4.00. The van der Waals surface area contributed by atoms with Gasteiger partial charge in [0, 0.05) is 5.69 Å². The first-order valence-corrected chi connectivity index (χ1v) is 6.95. The Labute approximate surface area is 124 Å². The maximum absolute atomic E-state index is 13.4. The SMILES string of the molecule is CC(C)c1ccccc1NC(=O)CNc1ccccc1F. The number of anilines is 2. The lowest BCUT2D eigenvalue weighted by Gasteiger charge is -2.14. The molecule has 0 spiro atoms. The van der Waals surface area contributed by atoms with E-state index in [0.717, 1.165) is 11.3 Å². The van der Waals surface area contributed by atoms with Gasteiger partial charge in [0.15, 0.2) is 0 Å². The molecule has 21 heavy (non-hydrogen) atoms. The molecule has 1 amide bonds. The average Bonchev–Trinajstić information content (AvgIpc) is 2.47. The molecular formula is C17H19FN2O. The molecule has 2 rings (SSSR count). The molecule has 0 heterocycles. The second-order valence-electron chi connectivity index (χ2n) is 5.12. The van der Waals surface area contributed by atoms with Crippen LogP contribution in [0.2, 0.25) is 0 Å². The summed E-state index contributed by atoms with van der Waals surface area (Å²) in [6, 6.07) is 14.0. The summed E-state index contributed by atoms with van der Waals surface area (Å²) in [5.41, 5.74) is 2.20. The van der Waals surface area contributed by atoms with Crippen molar-refractivity contribution in [3.05, 3.63) is 59.9 Å². The Morgan fingerprint density at radius 1 is 1.05 bits per heavy atom. The van der Waals surface area contributed by atoms with Crippen molar-refractivity contribution in [2.45, 2.75) is 19.8 Å². The molecule has 0 radical (unpaired) electrons. The van der Waals surface area contributed by atoms with E-state index < -0.39 is 0 Å². The number of hydrogen-bond acceptors (Lipinski definition) is 2. The molecule has 0 bridgehead atoms. The van der Waals surface area contributed by atoms with Gasteiger partial charge in [0.1, 0.15) is 5.82 Å². The lowest BCUT2D eigenvalue weighted by atomic mass is 10.0. The van der Waals surface area contributed by atoms with Gasteiger partial charge in [-0.15, -0.1) is 0 Å². The molecule has 0 aliphatic carbocycles. The Morgan fingerprint density at radius 3 is 2.33 bits per heavy atom. The normalized spacial score (nSPS) is 10.5. The standard InChI is InChI=1S/C17H19FN2O/c1-12(2)13-7-3-5-9-15(13)20-17(21)11-19-16-10-6-4-8-14(16)18/h3-10,12,19H,11H2,1-2H3,(H,20,21). The van der Waals surface area contributed by atoms with E-state index >= 15 is 0 Å². The number of halogens is 1. The van der Waals surface area contributed by atoms with E-state index in [0.29, 0.717) is 11.6 Å². The first-order valence-electron chi connectivity index (χ1n) is 6.95. The second-order valence-corrected chi connectivity index (χ2v) is 5.12. The number of amides is 1. The topological polar surface area (TPSA) is 41.1 Å². The highest BCUT2D eigenvalue weighted by atomic mass is 19.1. The second kappa shape index (κ2) is 6.88. The zero-order valence-corrected chi connectivity index (χ0v) is 12.2. The van der Waals surface area contributed by atoms with Crippen molar-refractivity contribution in [2.75, 3.05) is 17.2 Å². The molecule has 0 aliphatic rings. The van der Waals surface area contributed by atoms with Crippen LogP contribution in [0.15, 0.2) is 48.5 Å². The van der Waals surface area contributed by atoms with Crippen LogP contribution in [0.25, 0.3) is 0 Å². The number of carbonyl (C=O) groups is 1. The molecule has 0 aliphatic heterocycles. The van der Waals surface area contributed by atoms with Crippen LogP contribution in [0.1, 0.15) is 25.3 Å². The van der Waals surface area contributed by atoms with E-state index in [1.807, 2.05) is 24.3 Å². The molecule has 0 unspecified atom stereocenters. The third-order valence-electron chi connectivity index (χ3n) is 3.17. The van der Waals surface area contributed by atoms with Crippen LogP contribution in [0.5, 0.6) is 0 Å². The molecule has 2 aromatic carbocycles. The quantitative estimate of drug-likeness (QED) is 0.872. The number of hydrogen-bond donors (Lipinski definition) is 2. The average molecular weight is 286 g/mol. The summed E-state index contributed by atoms with van der Waals surface area (Å²) in [4.78, 5) is 12.0. The predicted molar refractivity (Wildman–Crippen MR) is 84.1 cm³/mol. The lowest BCUT2D eigenvalue weighted by Crippen LogP contribution is -2.22. The highest BCUT2D eigenvalue weighted by Crippen LogP contribution is 2.23. The lowest BCUT2D eigenvalue weighted by molar-refractivity contribution is -0.114. The largest absolute Gasteiger partial charge is 0.374 e. The minimum absolute atomic E-state index is 0.0212. The van der Waals surface area contributed by atoms with Gasteiger partial charge < -0.3 is 10.6 Å². The van der Waals surface area contributed by atoms with Gasteiger partial charge in [-0.25, -0.2) is 4.39 Å². The molecule has 0 atom stereocenters. The zero-order valence-electron chi connectivity index (χ0n) is 12.2. The van der Waals surface area contributed by atoms with Gasteiger partial charge in [-0.3, -0.25) is 4.79 Å². The molecule has 4 heteroatoms. The van der Waals surface area contributed by atoms with Crippen molar-refractivity contribution in [3.8, 4) is 0 Å². The third-order valence-corrected chi connectivity index (χ3v) is 3.17. The molecule has 0 aromatic heterocycles. The summed E-state index contributed by atoms with van der Waals surface area (Å²) >= 11 is 0. The molecular weight excluding hydrogens is 267 g/mol. The fourth-order valence-corrected chi connectivity index (χ4v) is 2.09. The van der Waals surface area contributed by atoms with Crippen LogP contribution in [0.4, 0.5) is 15.8 Å². The minimum Gasteiger partial charge on any atom is -0.374 e. The maximum Gasteiger partial charge on any atom is 0.243 e. The van der Waals surface area contributed by atoms with E-state index in [9.17, 15) is 9.18 Å². The number of rotatable bonds is 5. The van der Waals surface area contributed by atoms with Crippen molar-refractivity contribution < 1.29 is 9.18 Å². The van der Waals surface area contributed by atoms with Crippen LogP contribution >= 0.6 is 0 Å². The zero-order chi connectivity index (χ0) is 15.2. The van der Waals surface area contributed by atoms with Crippen LogP contribution in [-0.4, -0.2) is 12.5 Å². The fraction of sp³-hybridized carbons (Fsp3) is 0.235. The molecule has 2 N–H and O–H groups in total. The van der Waals surface area contributed by atoms with Crippen molar-refractivity contribution in [1.82, 2.24) is 0 Å². The monoisotopic (exact) mass is 286 g/mol. The van der Waals surface area contributed by atoms with Crippen molar-refractivity contribution in [1.29, 1.82) is 0 Å². The maximum atomic E-state index is 13.4. The van der Waals surface area contributed by atoms with E-state index in [1.165, 1.54) is 6.07 Å². The van der Waals surface area contributed by atoms with Crippen LogP contribution < -0.4 is 10.6 Å². The van der Waals surface area contributed by atoms with Crippen molar-refractivity contribution in [2.24, 2.45) is 0 Å². The van der Waals surface area contributed by atoms with E-state index in [2.05, 4.69) is 24.5 Å². The Balaban J connectivity index is 1.98. The molecule has 2 aromatic rings. The third kappa shape index (κ3) is 4.05. The summed E-state index contributed by atoms with van der Waals surface area (Å²) in [5.74, 6) is -0.250. The number of benzene rings is 2. The number of carbonyl (C=O) groups excluding carboxylic acids is 1. The highest BCUT2D eigenvalue weighted by molar-refractivity contribution is 5.94. The van der Waals surface area contributed by atoms with Gasteiger partial charge >= 0.3 is 0 Å². The Bertz CT molecular complexity index is 626. The summed E-state index contributed by atoms with van der Waals surface area (Å²) < 4.78 is 13.4. The minimum atomic E-state index is -0.368. The summed E-state index contributed by atoms with van der Waals surface area (Å²) in [7, 11) is 0. The smallest absolute Gasteiger partial charge is 0.243 e. The van der Waals surface area contributed by atoms with Crippen LogP contribution in [0.3, 0.4) is 0 Å². The number of nitrogens with one attached hydrogen (secondary N) is 2. The number of para-hydroxylation sites is 2. The van der Waals surface area contributed by atoms with Crippen molar-refractivity contribution >= 4 is 17.3 Å². The first kappa shape index (κ1) is 15.0. The van der Waals surface area contributed by atoms with Gasteiger partial charge in [0.2, 0.25) is 5.91 Å². The van der Waals surface area contributed by atoms with Gasteiger partial charge in [0.25, 0.3) is 0 Å². The molecule has 0 fully saturated rings. The molecule has 3 nitrogen and oxygen atoms in total. The first-order chi connectivity index (χ1) is 10.1. The Hall–Kier alpha value is -2.36. The molecule has 0 saturated heterocycles. The van der Waals surface area contributed by atoms with Gasteiger partial charge in [-0.2, -0.15) is 0 Å². The van der Waals surface area contributed by atoms with Gasteiger partial charge in [-0.1, -0.05) is 44.2 Å². The summed E-state index contributed by atoms with van der Waals surface area (Å²) in [5, 5.41) is 5.65. The van der Waals surface area contributed by atoms with E-state index in [-0.39, 0.29) is 18.3 Å². The van der Waals surface area contributed by atoms with Gasteiger partial charge in [-0.05, 0) is 29.7 Å². The Kier molecular flexibility index (Phi) is 4.93.